The minimum Gasteiger partial charge on any atom is -0.462 e. The van der Waals surface area contributed by atoms with Crippen LogP contribution in [0, 0.1) is 6.92 Å². The average Bonchev–Trinajstić information content (AvgIpc) is 2.96. The number of hydrogen-bond donors (Lipinski definition) is 0. The molecule has 3 rings (SSSR count). The SMILES string of the molecule is CCOC(=O)c1sc2ncn(CCSc3ccc(Cl)cc3)c(=O)c2c1C. The summed E-state index contributed by atoms with van der Waals surface area (Å²) in [4.78, 5) is 31.3. The zero-order valence-electron chi connectivity index (χ0n) is 14.3. The molecule has 0 saturated heterocycles. The monoisotopic (exact) mass is 408 g/mol. The van der Waals surface area contributed by atoms with Gasteiger partial charge in [0.2, 0.25) is 0 Å². The third-order valence-corrected chi connectivity index (χ3v) is 6.22. The van der Waals surface area contributed by atoms with Crippen LogP contribution in [0.4, 0.5) is 0 Å². The number of halogens is 1. The molecule has 0 aliphatic heterocycles. The lowest BCUT2D eigenvalue weighted by Gasteiger charge is -2.06. The molecule has 136 valence electrons. The van der Waals surface area contributed by atoms with Crippen molar-refractivity contribution in [3.8, 4) is 0 Å². The van der Waals surface area contributed by atoms with Gasteiger partial charge in [0.05, 0.1) is 18.3 Å². The van der Waals surface area contributed by atoms with Crippen LogP contribution in [-0.4, -0.2) is 27.9 Å². The lowest BCUT2D eigenvalue weighted by Crippen LogP contribution is -2.21. The summed E-state index contributed by atoms with van der Waals surface area (Å²) in [5.41, 5.74) is 0.511. The van der Waals surface area contributed by atoms with Crippen LogP contribution < -0.4 is 5.56 Å². The van der Waals surface area contributed by atoms with E-state index in [4.69, 9.17) is 16.3 Å². The average molecular weight is 409 g/mol. The maximum Gasteiger partial charge on any atom is 0.348 e. The highest BCUT2D eigenvalue weighted by molar-refractivity contribution is 7.99. The van der Waals surface area contributed by atoms with Crippen molar-refractivity contribution in [1.29, 1.82) is 0 Å². The van der Waals surface area contributed by atoms with Gasteiger partial charge in [0, 0.05) is 22.2 Å². The minimum absolute atomic E-state index is 0.129. The van der Waals surface area contributed by atoms with Gasteiger partial charge in [-0.05, 0) is 43.7 Å². The Morgan fingerprint density at radius 2 is 2.08 bits per heavy atom. The van der Waals surface area contributed by atoms with Gasteiger partial charge in [-0.3, -0.25) is 9.36 Å². The Bertz CT molecular complexity index is 996. The number of nitrogens with zero attached hydrogens (tertiary/aromatic N) is 2. The number of aryl methyl sites for hydroxylation is 2. The van der Waals surface area contributed by atoms with E-state index >= 15 is 0 Å². The standard InChI is InChI=1S/C18H17ClN2O3S2/c1-3-24-18(23)15-11(2)14-16(26-15)20-10-21(17(14)22)8-9-25-13-6-4-12(19)5-7-13/h4-7,10H,3,8-9H2,1-2H3. The zero-order valence-corrected chi connectivity index (χ0v) is 16.7. The number of rotatable bonds is 6. The predicted octanol–water partition coefficient (Wildman–Crippen LogP) is 4.39. The Morgan fingerprint density at radius 1 is 1.35 bits per heavy atom. The molecule has 1 aromatic carbocycles. The zero-order chi connectivity index (χ0) is 18.7. The molecule has 0 radical (unpaired) electrons. The molecule has 0 fully saturated rings. The molecule has 3 aromatic rings. The second-order valence-corrected chi connectivity index (χ2v) is 8.11. The molecular weight excluding hydrogens is 392 g/mol. The van der Waals surface area contributed by atoms with Gasteiger partial charge >= 0.3 is 5.97 Å². The fraction of sp³-hybridized carbons (Fsp3) is 0.278. The molecule has 0 N–H and O–H groups in total. The number of fused-ring (bicyclic) bond motifs is 1. The first-order chi connectivity index (χ1) is 12.5. The van der Waals surface area contributed by atoms with E-state index in [-0.39, 0.29) is 5.56 Å². The van der Waals surface area contributed by atoms with E-state index in [9.17, 15) is 9.59 Å². The van der Waals surface area contributed by atoms with Gasteiger partial charge in [-0.2, -0.15) is 0 Å². The number of esters is 1. The van der Waals surface area contributed by atoms with Crippen LogP contribution in [0.3, 0.4) is 0 Å². The number of thiophene rings is 1. The number of thioether (sulfide) groups is 1. The van der Waals surface area contributed by atoms with Crippen LogP contribution in [0.1, 0.15) is 22.2 Å². The highest BCUT2D eigenvalue weighted by Gasteiger charge is 2.20. The van der Waals surface area contributed by atoms with E-state index in [0.717, 1.165) is 10.6 Å². The molecule has 0 aliphatic rings. The molecule has 0 saturated carbocycles. The third-order valence-electron chi connectivity index (χ3n) is 3.79. The Balaban J connectivity index is 1.80. The van der Waals surface area contributed by atoms with E-state index in [1.165, 1.54) is 17.7 Å². The summed E-state index contributed by atoms with van der Waals surface area (Å²) in [7, 11) is 0. The van der Waals surface area contributed by atoms with Crippen molar-refractivity contribution in [1.82, 2.24) is 9.55 Å². The molecule has 8 heteroatoms. The quantitative estimate of drug-likeness (QED) is 0.447. The normalized spacial score (nSPS) is 11.0. The maximum atomic E-state index is 12.8. The second kappa shape index (κ2) is 8.24. The van der Waals surface area contributed by atoms with Crippen LogP contribution in [0.2, 0.25) is 5.02 Å². The van der Waals surface area contributed by atoms with Gasteiger partial charge in [0.25, 0.3) is 5.56 Å². The van der Waals surface area contributed by atoms with Crippen LogP contribution in [0.5, 0.6) is 0 Å². The molecule has 26 heavy (non-hydrogen) atoms. The highest BCUT2D eigenvalue weighted by atomic mass is 35.5. The van der Waals surface area contributed by atoms with Crippen LogP contribution in [0.25, 0.3) is 10.2 Å². The fourth-order valence-corrected chi connectivity index (χ4v) is 4.51. The smallest absolute Gasteiger partial charge is 0.348 e. The molecule has 0 amide bonds. The second-order valence-electron chi connectivity index (χ2n) is 5.50. The first-order valence-corrected chi connectivity index (χ1v) is 10.2. The van der Waals surface area contributed by atoms with Crippen molar-refractivity contribution in [3.05, 3.63) is 56.4 Å². The van der Waals surface area contributed by atoms with E-state index < -0.39 is 5.97 Å². The summed E-state index contributed by atoms with van der Waals surface area (Å²) in [5, 5.41) is 1.20. The topological polar surface area (TPSA) is 61.2 Å². The van der Waals surface area contributed by atoms with Crippen molar-refractivity contribution in [2.75, 3.05) is 12.4 Å². The fourth-order valence-electron chi connectivity index (χ4n) is 2.50. The Morgan fingerprint density at radius 3 is 2.77 bits per heavy atom. The van der Waals surface area contributed by atoms with Gasteiger partial charge in [0.15, 0.2) is 0 Å². The first kappa shape index (κ1) is 18.9. The number of hydrogen-bond acceptors (Lipinski definition) is 6. The van der Waals surface area contributed by atoms with Crippen molar-refractivity contribution in [3.63, 3.8) is 0 Å². The van der Waals surface area contributed by atoms with E-state index in [0.29, 0.717) is 38.8 Å². The number of ether oxygens (including phenoxy) is 1. The Kier molecular flexibility index (Phi) is 6.01. The molecule has 0 unspecified atom stereocenters. The molecule has 5 nitrogen and oxygen atoms in total. The highest BCUT2D eigenvalue weighted by Crippen LogP contribution is 2.27. The molecule has 2 aromatic heterocycles. The summed E-state index contributed by atoms with van der Waals surface area (Å²) in [6, 6.07) is 7.59. The maximum absolute atomic E-state index is 12.8. The van der Waals surface area contributed by atoms with Crippen molar-refractivity contribution in [2.45, 2.75) is 25.3 Å². The predicted molar refractivity (Wildman–Crippen MR) is 107 cm³/mol. The van der Waals surface area contributed by atoms with Gasteiger partial charge in [-0.1, -0.05) is 11.6 Å². The lowest BCUT2D eigenvalue weighted by molar-refractivity contribution is 0.0531. The third kappa shape index (κ3) is 3.95. The summed E-state index contributed by atoms with van der Waals surface area (Å²) >= 11 is 8.72. The number of aromatic nitrogens is 2. The minimum atomic E-state index is -0.405. The Labute approximate surface area is 164 Å². The summed E-state index contributed by atoms with van der Waals surface area (Å²) in [6.45, 7) is 4.34. The van der Waals surface area contributed by atoms with Gasteiger partial charge < -0.3 is 4.74 Å². The Hall–Kier alpha value is -1.83. The summed E-state index contributed by atoms with van der Waals surface area (Å²) in [6.07, 6.45) is 1.54. The van der Waals surface area contributed by atoms with Gasteiger partial charge in [-0.25, -0.2) is 9.78 Å². The summed E-state index contributed by atoms with van der Waals surface area (Å²) in [5.74, 6) is 0.320. The molecule has 0 aliphatic carbocycles. The van der Waals surface area contributed by atoms with Crippen LogP contribution >= 0.6 is 34.7 Å². The molecule has 0 spiro atoms. The summed E-state index contributed by atoms with van der Waals surface area (Å²) < 4.78 is 6.64. The van der Waals surface area contributed by atoms with E-state index in [2.05, 4.69) is 4.98 Å². The molecule has 0 atom stereocenters. The number of carbonyl (C=O) groups is 1. The van der Waals surface area contributed by atoms with Crippen molar-refractivity contribution >= 4 is 50.9 Å². The van der Waals surface area contributed by atoms with E-state index in [1.54, 1.807) is 30.2 Å². The van der Waals surface area contributed by atoms with Gasteiger partial charge in [-0.15, -0.1) is 23.1 Å². The molecular formula is C18H17ClN2O3S2. The van der Waals surface area contributed by atoms with Crippen LogP contribution in [-0.2, 0) is 11.3 Å². The van der Waals surface area contributed by atoms with Crippen molar-refractivity contribution in [2.24, 2.45) is 0 Å². The first-order valence-electron chi connectivity index (χ1n) is 8.05. The van der Waals surface area contributed by atoms with Crippen LogP contribution in [0.15, 0.2) is 40.3 Å². The number of carbonyl (C=O) groups excluding carboxylic acids is 1. The van der Waals surface area contributed by atoms with E-state index in [1.807, 2.05) is 24.3 Å². The van der Waals surface area contributed by atoms with Crippen molar-refractivity contribution < 1.29 is 9.53 Å². The largest absolute Gasteiger partial charge is 0.462 e. The van der Waals surface area contributed by atoms with Gasteiger partial charge in [0.1, 0.15) is 9.71 Å². The molecule has 2 heterocycles. The number of benzene rings is 1. The lowest BCUT2D eigenvalue weighted by atomic mass is 10.2. The molecule has 0 bridgehead atoms.